The van der Waals surface area contributed by atoms with Gasteiger partial charge in [-0.05, 0) is 12.1 Å². The Morgan fingerprint density at radius 2 is 2.00 bits per heavy atom. The Balaban J connectivity index is 2.20. The topological polar surface area (TPSA) is 73.8 Å². The van der Waals surface area contributed by atoms with Gasteiger partial charge in [-0.2, -0.15) is 0 Å². The highest BCUT2D eigenvalue weighted by molar-refractivity contribution is 5.76. The van der Waals surface area contributed by atoms with Gasteiger partial charge in [0.1, 0.15) is 12.1 Å². The smallest absolute Gasteiger partial charge is 0.274 e. The van der Waals surface area contributed by atoms with Gasteiger partial charge in [0.15, 0.2) is 0 Å². The average molecular weight is 240 g/mol. The van der Waals surface area contributed by atoms with Crippen LogP contribution >= 0.6 is 0 Å². The number of imidazole rings is 1. The van der Waals surface area contributed by atoms with Crippen molar-refractivity contribution in [3.05, 3.63) is 59.0 Å². The number of aromatic nitrogens is 3. The fourth-order valence-corrected chi connectivity index (χ4v) is 1.79. The molecule has 6 heteroatoms. The van der Waals surface area contributed by atoms with Crippen LogP contribution < -0.4 is 0 Å². The first-order valence-electron chi connectivity index (χ1n) is 5.28. The maximum absolute atomic E-state index is 10.7. The molecule has 0 radical (unpaired) electrons. The molecular weight excluding hydrogens is 232 g/mol. The highest BCUT2D eigenvalue weighted by Gasteiger charge is 2.10. The molecule has 0 aliphatic rings. The summed E-state index contributed by atoms with van der Waals surface area (Å²) in [6.07, 6.45) is 3.03. The number of para-hydroxylation sites is 2. The second kappa shape index (κ2) is 3.92. The van der Waals surface area contributed by atoms with E-state index in [-0.39, 0.29) is 5.69 Å². The van der Waals surface area contributed by atoms with Crippen molar-refractivity contribution in [2.45, 2.75) is 0 Å². The minimum Gasteiger partial charge on any atom is -0.283 e. The van der Waals surface area contributed by atoms with E-state index in [2.05, 4.69) is 9.97 Å². The van der Waals surface area contributed by atoms with Gasteiger partial charge in [0, 0.05) is 12.3 Å². The lowest BCUT2D eigenvalue weighted by molar-refractivity contribution is -0.384. The Bertz CT molecular complexity index is 736. The van der Waals surface area contributed by atoms with Crippen LogP contribution in [0.2, 0.25) is 0 Å². The number of pyridine rings is 1. The molecule has 6 nitrogen and oxygen atoms in total. The minimum atomic E-state index is -0.440. The number of hydrogen-bond acceptors (Lipinski definition) is 4. The second-order valence-corrected chi connectivity index (χ2v) is 3.73. The normalized spacial score (nSPS) is 10.7. The molecule has 2 aromatic heterocycles. The van der Waals surface area contributed by atoms with Crippen LogP contribution in [0.3, 0.4) is 0 Å². The Morgan fingerprint density at radius 1 is 1.17 bits per heavy atom. The van der Waals surface area contributed by atoms with Crippen LogP contribution in [0.4, 0.5) is 5.69 Å². The lowest BCUT2D eigenvalue weighted by Gasteiger charge is -2.02. The van der Waals surface area contributed by atoms with Crippen LogP contribution in [-0.4, -0.2) is 19.5 Å². The van der Waals surface area contributed by atoms with Gasteiger partial charge in [-0.15, -0.1) is 0 Å². The van der Waals surface area contributed by atoms with Crippen molar-refractivity contribution in [1.82, 2.24) is 14.5 Å². The summed E-state index contributed by atoms with van der Waals surface area (Å²) in [5.41, 5.74) is 1.70. The van der Waals surface area contributed by atoms with Gasteiger partial charge in [0.25, 0.3) is 5.69 Å². The SMILES string of the molecule is O=[N+]([O-])c1ccnc(-n2cnc3ccccc32)c1. The zero-order valence-electron chi connectivity index (χ0n) is 9.22. The molecule has 0 aliphatic carbocycles. The van der Waals surface area contributed by atoms with Crippen molar-refractivity contribution < 1.29 is 4.92 Å². The van der Waals surface area contributed by atoms with Crippen molar-refractivity contribution in [3.8, 4) is 5.82 Å². The molecule has 88 valence electrons. The maximum Gasteiger partial charge on any atom is 0.274 e. The predicted octanol–water partition coefficient (Wildman–Crippen LogP) is 2.33. The lowest BCUT2D eigenvalue weighted by atomic mass is 10.3. The molecule has 0 aliphatic heterocycles. The van der Waals surface area contributed by atoms with Gasteiger partial charge in [-0.3, -0.25) is 14.7 Å². The highest BCUT2D eigenvalue weighted by Crippen LogP contribution is 2.19. The summed E-state index contributed by atoms with van der Waals surface area (Å²) >= 11 is 0. The molecule has 0 amide bonds. The third-order valence-corrected chi connectivity index (χ3v) is 2.64. The van der Waals surface area contributed by atoms with Gasteiger partial charge in [-0.1, -0.05) is 12.1 Å². The minimum absolute atomic E-state index is 0.0118. The van der Waals surface area contributed by atoms with E-state index in [9.17, 15) is 10.1 Å². The van der Waals surface area contributed by atoms with E-state index in [0.717, 1.165) is 11.0 Å². The summed E-state index contributed by atoms with van der Waals surface area (Å²) in [5, 5.41) is 10.7. The molecule has 0 fully saturated rings. The number of fused-ring (bicyclic) bond motifs is 1. The van der Waals surface area contributed by atoms with E-state index in [1.165, 1.54) is 18.3 Å². The van der Waals surface area contributed by atoms with E-state index in [0.29, 0.717) is 5.82 Å². The predicted molar refractivity (Wildman–Crippen MR) is 65.5 cm³/mol. The zero-order valence-corrected chi connectivity index (χ0v) is 9.22. The second-order valence-electron chi connectivity index (χ2n) is 3.73. The first-order valence-corrected chi connectivity index (χ1v) is 5.28. The molecule has 0 unspecified atom stereocenters. The molecular formula is C12H8N4O2. The third kappa shape index (κ3) is 1.60. The number of benzene rings is 1. The Labute approximate surface area is 102 Å². The van der Waals surface area contributed by atoms with E-state index in [1.807, 2.05) is 24.3 Å². The number of rotatable bonds is 2. The van der Waals surface area contributed by atoms with E-state index >= 15 is 0 Å². The van der Waals surface area contributed by atoms with Crippen molar-refractivity contribution in [1.29, 1.82) is 0 Å². The van der Waals surface area contributed by atoms with E-state index in [4.69, 9.17) is 0 Å². The van der Waals surface area contributed by atoms with Crippen molar-refractivity contribution in [2.24, 2.45) is 0 Å². The largest absolute Gasteiger partial charge is 0.283 e. The summed E-state index contributed by atoms with van der Waals surface area (Å²) < 4.78 is 1.72. The summed E-state index contributed by atoms with van der Waals surface area (Å²) in [4.78, 5) is 18.7. The summed E-state index contributed by atoms with van der Waals surface area (Å²) in [6, 6.07) is 10.3. The molecule has 0 N–H and O–H groups in total. The fraction of sp³-hybridized carbons (Fsp3) is 0. The van der Waals surface area contributed by atoms with Crippen LogP contribution in [-0.2, 0) is 0 Å². The quantitative estimate of drug-likeness (QED) is 0.509. The standard InChI is InChI=1S/C12H8N4O2/c17-16(18)9-5-6-13-12(7-9)15-8-14-10-3-1-2-4-11(10)15/h1-8H. The maximum atomic E-state index is 10.7. The monoisotopic (exact) mass is 240 g/mol. The first-order chi connectivity index (χ1) is 8.75. The van der Waals surface area contributed by atoms with Crippen molar-refractivity contribution >= 4 is 16.7 Å². The van der Waals surface area contributed by atoms with Gasteiger partial charge in [-0.25, -0.2) is 9.97 Å². The first kappa shape index (κ1) is 10.4. The summed E-state index contributed by atoms with van der Waals surface area (Å²) in [7, 11) is 0. The fourth-order valence-electron chi connectivity index (χ4n) is 1.79. The third-order valence-electron chi connectivity index (χ3n) is 2.64. The summed E-state index contributed by atoms with van der Waals surface area (Å²) in [5.74, 6) is 0.484. The molecule has 0 bridgehead atoms. The van der Waals surface area contributed by atoms with Crippen molar-refractivity contribution in [2.75, 3.05) is 0 Å². The average Bonchev–Trinajstić information content (AvgIpc) is 2.82. The Kier molecular flexibility index (Phi) is 2.26. The highest BCUT2D eigenvalue weighted by atomic mass is 16.6. The molecule has 18 heavy (non-hydrogen) atoms. The molecule has 0 saturated carbocycles. The molecule has 0 saturated heterocycles. The van der Waals surface area contributed by atoms with Crippen LogP contribution in [0.1, 0.15) is 0 Å². The molecule has 3 rings (SSSR count). The Hall–Kier alpha value is -2.76. The number of nitrogens with zero attached hydrogens (tertiary/aromatic N) is 4. The van der Waals surface area contributed by atoms with Crippen LogP contribution in [0.15, 0.2) is 48.9 Å². The molecule has 3 aromatic rings. The lowest BCUT2D eigenvalue weighted by Crippen LogP contribution is -1.97. The van der Waals surface area contributed by atoms with E-state index < -0.39 is 4.92 Å². The molecule has 0 spiro atoms. The zero-order chi connectivity index (χ0) is 12.5. The molecule has 1 aromatic carbocycles. The van der Waals surface area contributed by atoms with Crippen molar-refractivity contribution in [3.63, 3.8) is 0 Å². The van der Waals surface area contributed by atoms with Gasteiger partial charge < -0.3 is 0 Å². The van der Waals surface area contributed by atoms with Gasteiger partial charge in [0.05, 0.1) is 22.0 Å². The van der Waals surface area contributed by atoms with Crippen LogP contribution in [0.25, 0.3) is 16.9 Å². The van der Waals surface area contributed by atoms with Crippen LogP contribution in [0, 0.1) is 10.1 Å². The van der Waals surface area contributed by atoms with Gasteiger partial charge in [0.2, 0.25) is 0 Å². The molecule has 0 atom stereocenters. The Morgan fingerprint density at radius 3 is 2.83 bits per heavy atom. The number of hydrogen-bond donors (Lipinski definition) is 0. The van der Waals surface area contributed by atoms with E-state index in [1.54, 1.807) is 10.9 Å². The molecule has 2 heterocycles. The van der Waals surface area contributed by atoms with Gasteiger partial charge >= 0.3 is 0 Å². The number of nitro groups is 1. The summed E-state index contributed by atoms with van der Waals surface area (Å²) in [6.45, 7) is 0. The van der Waals surface area contributed by atoms with Crippen LogP contribution in [0.5, 0.6) is 0 Å².